The van der Waals surface area contributed by atoms with Gasteiger partial charge in [-0.2, -0.15) is 0 Å². The molecule has 1 aromatic rings. The van der Waals surface area contributed by atoms with Gasteiger partial charge in [0, 0.05) is 9.75 Å². The molecule has 108 valence electrons. The molecule has 5 rings (SSSR count). The fourth-order valence-electron chi connectivity index (χ4n) is 5.07. The molecule has 4 aliphatic carbocycles. The molecule has 0 aromatic carbocycles. The van der Waals surface area contributed by atoms with Gasteiger partial charge in [0.1, 0.15) is 6.61 Å². The molecule has 1 aromatic heterocycles. The van der Waals surface area contributed by atoms with Crippen LogP contribution in [0.25, 0.3) is 0 Å². The van der Waals surface area contributed by atoms with Gasteiger partial charge in [0.15, 0.2) is 0 Å². The van der Waals surface area contributed by atoms with Crippen LogP contribution in [0.5, 0.6) is 0 Å². The van der Waals surface area contributed by atoms with Gasteiger partial charge in [-0.15, -0.1) is 22.9 Å². The third-order valence-corrected chi connectivity index (χ3v) is 6.64. The molecule has 4 saturated carbocycles. The van der Waals surface area contributed by atoms with Crippen LogP contribution in [0.1, 0.15) is 43.4 Å². The number of esters is 1. The molecule has 0 spiro atoms. The Hall–Kier alpha value is -0.540. The van der Waals surface area contributed by atoms with Gasteiger partial charge in [-0.25, -0.2) is 0 Å². The van der Waals surface area contributed by atoms with Crippen LogP contribution < -0.4 is 0 Å². The van der Waals surface area contributed by atoms with Crippen LogP contribution in [-0.4, -0.2) is 10.8 Å². The molecule has 4 bridgehead atoms. The van der Waals surface area contributed by atoms with E-state index >= 15 is 0 Å². The summed E-state index contributed by atoms with van der Waals surface area (Å²) in [5.74, 6) is 1.29. The summed E-state index contributed by atoms with van der Waals surface area (Å²) in [5, 5.41) is 2.02. The average molecular weight is 311 g/mol. The van der Waals surface area contributed by atoms with Crippen LogP contribution in [0.4, 0.5) is 0 Å². The summed E-state index contributed by atoms with van der Waals surface area (Å²) in [6, 6.07) is 4.01. The molecule has 0 amide bonds. The van der Waals surface area contributed by atoms with Crippen molar-refractivity contribution < 1.29 is 9.53 Å². The number of carbonyl (C=O) groups is 1. The summed E-state index contributed by atoms with van der Waals surface area (Å²) in [6.45, 7) is 0.420. The second kappa shape index (κ2) is 4.48. The number of rotatable bonds is 3. The van der Waals surface area contributed by atoms with Gasteiger partial charge in [0.25, 0.3) is 0 Å². The SMILES string of the molecule is O=C(OCc1cccs1)C12C[C@H]3C[C@@H](CC(Cl)(C3)C1)C2. The first kappa shape index (κ1) is 13.1. The largest absolute Gasteiger partial charge is 0.460 e. The number of halogens is 1. The summed E-state index contributed by atoms with van der Waals surface area (Å²) in [7, 11) is 0. The first-order valence-electron chi connectivity index (χ1n) is 7.46. The molecule has 20 heavy (non-hydrogen) atoms. The number of hydrogen-bond acceptors (Lipinski definition) is 3. The fraction of sp³-hybridized carbons (Fsp3) is 0.688. The molecule has 2 nitrogen and oxygen atoms in total. The molecule has 2 atom stereocenters. The van der Waals surface area contributed by atoms with E-state index in [1.165, 1.54) is 6.42 Å². The molecular formula is C16H19ClO2S. The third-order valence-electron chi connectivity index (χ3n) is 5.35. The van der Waals surface area contributed by atoms with Gasteiger partial charge in [-0.1, -0.05) is 6.07 Å². The van der Waals surface area contributed by atoms with Crippen molar-refractivity contribution in [3.63, 3.8) is 0 Å². The van der Waals surface area contributed by atoms with Gasteiger partial charge in [-0.3, -0.25) is 4.79 Å². The lowest BCUT2D eigenvalue weighted by Crippen LogP contribution is -2.56. The highest BCUT2D eigenvalue weighted by Gasteiger charge is 2.60. The molecule has 0 radical (unpaired) electrons. The quantitative estimate of drug-likeness (QED) is 0.612. The molecular weight excluding hydrogens is 292 g/mol. The summed E-state index contributed by atoms with van der Waals surface area (Å²) < 4.78 is 5.63. The van der Waals surface area contributed by atoms with Crippen LogP contribution in [-0.2, 0) is 16.1 Å². The average Bonchev–Trinajstić information content (AvgIpc) is 2.85. The molecule has 0 aliphatic heterocycles. The van der Waals surface area contributed by atoms with Gasteiger partial charge in [-0.05, 0) is 61.8 Å². The zero-order chi connectivity index (χ0) is 13.8. The van der Waals surface area contributed by atoms with Crippen molar-refractivity contribution in [3.8, 4) is 0 Å². The predicted molar refractivity (Wildman–Crippen MR) is 79.8 cm³/mol. The third kappa shape index (κ3) is 2.10. The normalized spacial score (nSPS) is 41.9. The first-order valence-corrected chi connectivity index (χ1v) is 8.71. The predicted octanol–water partition coefficient (Wildman–Crippen LogP) is 4.37. The van der Waals surface area contributed by atoms with Gasteiger partial charge in [0.05, 0.1) is 5.41 Å². The Kier molecular flexibility index (Phi) is 2.94. The van der Waals surface area contributed by atoms with Crippen LogP contribution in [0.3, 0.4) is 0 Å². The minimum absolute atomic E-state index is 0.00465. The molecule has 0 unspecified atom stereocenters. The lowest BCUT2D eigenvalue weighted by molar-refractivity contribution is -0.171. The topological polar surface area (TPSA) is 26.3 Å². The highest BCUT2D eigenvalue weighted by Crippen LogP contribution is 2.64. The Labute approximate surface area is 128 Å². The van der Waals surface area contributed by atoms with E-state index < -0.39 is 0 Å². The second-order valence-corrected chi connectivity index (χ2v) is 8.88. The Morgan fingerprint density at radius 3 is 2.70 bits per heavy atom. The van der Waals surface area contributed by atoms with E-state index in [2.05, 4.69) is 0 Å². The fourth-order valence-corrected chi connectivity index (χ4v) is 6.38. The summed E-state index contributed by atoms with van der Waals surface area (Å²) in [6.07, 6.45) is 6.31. The molecule has 0 saturated heterocycles. The van der Waals surface area contributed by atoms with E-state index in [1.54, 1.807) is 11.3 Å². The van der Waals surface area contributed by atoms with Crippen LogP contribution in [0, 0.1) is 17.3 Å². The summed E-state index contributed by atoms with van der Waals surface area (Å²) in [5.41, 5.74) is -0.275. The minimum atomic E-state index is -0.275. The lowest BCUT2D eigenvalue weighted by Gasteiger charge is -2.58. The maximum atomic E-state index is 12.7. The van der Waals surface area contributed by atoms with Crippen molar-refractivity contribution in [2.24, 2.45) is 17.3 Å². The zero-order valence-electron chi connectivity index (χ0n) is 11.4. The number of alkyl halides is 1. The van der Waals surface area contributed by atoms with E-state index in [9.17, 15) is 4.79 Å². The van der Waals surface area contributed by atoms with Gasteiger partial charge >= 0.3 is 5.97 Å². The molecule has 4 heteroatoms. The highest BCUT2D eigenvalue weighted by atomic mass is 35.5. The van der Waals surface area contributed by atoms with Crippen molar-refractivity contribution in [3.05, 3.63) is 22.4 Å². The van der Waals surface area contributed by atoms with Gasteiger partial charge < -0.3 is 4.74 Å². The minimum Gasteiger partial charge on any atom is -0.460 e. The summed E-state index contributed by atoms with van der Waals surface area (Å²) >= 11 is 8.40. The molecule has 4 fully saturated rings. The maximum Gasteiger partial charge on any atom is 0.312 e. The smallest absolute Gasteiger partial charge is 0.312 e. The summed E-state index contributed by atoms with van der Waals surface area (Å²) in [4.78, 5) is 13.7. The monoisotopic (exact) mass is 310 g/mol. The Morgan fingerprint density at radius 2 is 2.10 bits per heavy atom. The Balaban J connectivity index is 1.51. The van der Waals surface area contributed by atoms with Crippen molar-refractivity contribution >= 4 is 28.9 Å². The highest BCUT2D eigenvalue weighted by molar-refractivity contribution is 7.09. The van der Waals surface area contributed by atoms with Crippen LogP contribution in [0.2, 0.25) is 0 Å². The van der Waals surface area contributed by atoms with Crippen molar-refractivity contribution in [1.29, 1.82) is 0 Å². The van der Waals surface area contributed by atoms with E-state index in [-0.39, 0.29) is 16.3 Å². The van der Waals surface area contributed by atoms with Crippen LogP contribution >= 0.6 is 22.9 Å². The standard InChI is InChI=1S/C16H19ClO2S/c17-16-7-11-4-12(8-16)6-15(5-11,10-16)14(18)19-9-13-2-1-3-20-13/h1-3,11-12H,4-10H2/t11-,12-,15?,16?/m1/s1. The zero-order valence-corrected chi connectivity index (χ0v) is 13.0. The Morgan fingerprint density at radius 1 is 1.35 bits per heavy atom. The second-order valence-electron chi connectivity index (χ2n) is 7.05. The first-order chi connectivity index (χ1) is 9.57. The molecule has 4 aliphatic rings. The molecule has 1 heterocycles. The van der Waals surface area contributed by atoms with E-state index in [0.29, 0.717) is 18.4 Å². The maximum absolute atomic E-state index is 12.7. The van der Waals surface area contributed by atoms with E-state index in [4.69, 9.17) is 16.3 Å². The Bertz CT molecular complexity index is 511. The number of ether oxygens (including phenoxy) is 1. The van der Waals surface area contributed by atoms with E-state index in [1.807, 2.05) is 17.5 Å². The number of thiophene rings is 1. The molecule has 0 N–H and O–H groups in total. The number of hydrogen-bond donors (Lipinski definition) is 0. The van der Waals surface area contributed by atoms with Crippen molar-refractivity contribution in [2.75, 3.05) is 0 Å². The van der Waals surface area contributed by atoms with Crippen molar-refractivity contribution in [1.82, 2.24) is 0 Å². The van der Waals surface area contributed by atoms with Gasteiger partial charge in [0.2, 0.25) is 0 Å². The van der Waals surface area contributed by atoms with E-state index in [0.717, 1.165) is 37.0 Å². The number of carbonyl (C=O) groups excluding carboxylic acids is 1. The van der Waals surface area contributed by atoms with Crippen LogP contribution in [0.15, 0.2) is 17.5 Å². The van der Waals surface area contributed by atoms with Crippen molar-refractivity contribution in [2.45, 2.75) is 50.0 Å². The lowest BCUT2D eigenvalue weighted by atomic mass is 9.49.